The summed E-state index contributed by atoms with van der Waals surface area (Å²) in [4.78, 5) is 9.30. The first kappa shape index (κ1) is 18.0. The minimum absolute atomic E-state index is 0.0785. The molecule has 0 saturated carbocycles. The van der Waals surface area contributed by atoms with Crippen molar-refractivity contribution in [3.8, 4) is 23.6 Å². The normalized spacial score (nSPS) is 15.6. The third-order valence-electron chi connectivity index (χ3n) is 4.49. The summed E-state index contributed by atoms with van der Waals surface area (Å²) in [5.74, 6) is 3.14. The van der Waals surface area contributed by atoms with Crippen molar-refractivity contribution in [1.29, 1.82) is 0 Å². The third-order valence-corrected chi connectivity index (χ3v) is 6.66. The molecular weight excluding hydrogens is 364 g/mol. The Morgan fingerprint density at radius 3 is 2.26 bits per heavy atom. The van der Waals surface area contributed by atoms with Crippen LogP contribution in [0.15, 0.2) is 35.4 Å². The first-order valence-corrected chi connectivity index (χ1v) is 10.2. The Morgan fingerprint density at radius 1 is 1.19 bits per heavy atom. The van der Waals surface area contributed by atoms with Crippen molar-refractivity contribution in [2.45, 2.75) is 24.0 Å². The number of benzene rings is 1. The fourth-order valence-electron chi connectivity index (χ4n) is 2.76. The number of hydrogen-bond acceptors (Lipinski definition) is 7. The molecule has 2 aliphatic rings. The summed E-state index contributed by atoms with van der Waals surface area (Å²) in [6.45, 7) is 4.54. The van der Waals surface area contributed by atoms with Crippen LogP contribution in [0.2, 0.25) is 0 Å². The Hall–Kier alpha value is -2.34. The number of terminal acetylenes is 1. The molecule has 0 N–H and O–H groups in total. The minimum atomic E-state index is -3.31. The van der Waals surface area contributed by atoms with Gasteiger partial charge in [-0.25, -0.2) is 18.4 Å². The first-order chi connectivity index (χ1) is 12.9. The molecule has 2 aromatic rings. The highest BCUT2D eigenvalue weighted by atomic mass is 32.2. The van der Waals surface area contributed by atoms with Crippen molar-refractivity contribution in [3.05, 3.63) is 36.2 Å². The Kier molecular flexibility index (Phi) is 4.46. The van der Waals surface area contributed by atoms with E-state index in [2.05, 4.69) is 15.9 Å². The molecule has 0 radical (unpaired) electrons. The van der Waals surface area contributed by atoms with Crippen LogP contribution in [0, 0.1) is 12.3 Å². The molecule has 3 heterocycles. The molecule has 0 aliphatic carbocycles. The van der Waals surface area contributed by atoms with E-state index in [0.29, 0.717) is 30.2 Å². The van der Waals surface area contributed by atoms with Crippen LogP contribution in [-0.4, -0.2) is 50.7 Å². The van der Waals surface area contributed by atoms with Crippen molar-refractivity contribution < 1.29 is 17.7 Å². The maximum absolute atomic E-state index is 12.3. The van der Waals surface area contributed by atoms with Crippen molar-refractivity contribution in [2.75, 3.05) is 17.7 Å². The molecule has 4 rings (SSSR count). The summed E-state index contributed by atoms with van der Waals surface area (Å²) in [5.41, 5.74) is 1.72. The molecule has 2 fully saturated rings. The van der Waals surface area contributed by atoms with Crippen LogP contribution in [0.1, 0.15) is 19.5 Å². The average molecular weight is 381 g/mol. The summed E-state index contributed by atoms with van der Waals surface area (Å²) >= 11 is 0. The summed E-state index contributed by atoms with van der Waals surface area (Å²) in [7, 11) is -3.47. The largest absolute Gasteiger partial charge is 0.431 e. The second-order valence-corrected chi connectivity index (χ2v) is 9.18. The lowest BCUT2D eigenvalue weighted by Gasteiger charge is -2.18. The lowest BCUT2D eigenvalue weighted by Crippen LogP contribution is -2.38. The number of hydrogen-bond donors (Lipinski definition) is 0. The molecular formula is C17H17B2N3O4S. The summed E-state index contributed by atoms with van der Waals surface area (Å²) in [5, 5.41) is -0.476. The molecule has 1 aromatic carbocycles. The number of aromatic nitrogens is 2. The molecule has 0 amide bonds. The highest BCUT2D eigenvalue weighted by Crippen LogP contribution is 2.29. The van der Waals surface area contributed by atoms with Gasteiger partial charge in [0, 0.05) is 5.56 Å². The van der Waals surface area contributed by atoms with E-state index in [1.54, 1.807) is 44.3 Å². The lowest BCUT2D eigenvalue weighted by molar-refractivity contribution is 0.551. The number of sulfone groups is 1. The van der Waals surface area contributed by atoms with Crippen LogP contribution in [-0.2, 0) is 19.1 Å². The molecule has 27 heavy (non-hydrogen) atoms. The van der Waals surface area contributed by atoms with Gasteiger partial charge >= 0.3 is 14.1 Å². The molecule has 2 aliphatic heterocycles. The first-order valence-electron chi connectivity index (χ1n) is 8.61. The second kappa shape index (κ2) is 6.68. The van der Waals surface area contributed by atoms with Crippen LogP contribution in [0.3, 0.4) is 0 Å². The minimum Gasteiger partial charge on any atom is -0.418 e. The molecule has 7 nitrogen and oxygen atoms in total. The SMILES string of the molecule is C#Cc1nc(-c2ccc(S(=O)(=O)C(C)C)cc2)cnc1N(B1CO1)B1CO1. The lowest BCUT2D eigenvalue weighted by atomic mass is 9.76. The van der Waals surface area contributed by atoms with Gasteiger partial charge in [0.25, 0.3) is 0 Å². The summed E-state index contributed by atoms with van der Waals surface area (Å²) < 4.78 is 37.1. The van der Waals surface area contributed by atoms with Gasteiger partial charge in [-0.2, -0.15) is 0 Å². The number of anilines is 1. The monoisotopic (exact) mass is 381 g/mol. The number of rotatable bonds is 6. The fraction of sp³-hybridized carbons (Fsp3) is 0.294. The Labute approximate surface area is 159 Å². The second-order valence-electron chi connectivity index (χ2n) is 6.67. The highest BCUT2D eigenvalue weighted by molar-refractivity contribution is 7.92. The Bertz CT molecular complexity index is 1000. The Morgan fingerprint density at radius 2 is 1.78 bits per heavy atom. The van der Waals surface area contributed by atoms with Crippen LogP contribution in [0.25, 0.3) is 11.3 Å². The van der Waals surface area contributed by atoms with Crippen LogP contribution in [0.5, 0.6) is 0 Å². The van der Waals surface area contributed by atoms with E-state index in [4.69, 9.17) is 15.7 Å². The zero-order valence-corrected chi connectivity index (χ0v) is 15.8. The molecule has 1 aromatic heterocycles. The molecule has 2 saturated heterocycles. The van der Waals surface area contributed by atoms with Gasteiger partial charge in [0.15, 0.2) is 15.5 Å². The molecule has 0 unspecified atom stereocenters. The van der Waals surface area contributed by atoms with E-state index >= 15 is 0 Å². The highest BCUT2D eigenvalue weighted by Gasteiger charge is 2.51. The predicted molar refractivity (Wildman–Crippen MR) is 104 cm³/mol. The van der Waals surface area contributed by atoms with Gasteiger partial charge in [-0.15, -0.1) is 6.42 Å². The molecule has 10 heteroatoms. The van der Waals surface area contributed by atoms with Gasteiger partial charge in [0.1, 0.15) is 5.82 Å². The van der Waals surface area contributed by atoms with Gasteiger partial charge in [-0.1, -0.05) is 12.1 Å². The van der Waals surface area contributed by atoms with Gasteiger partial charge in [0.05, 0.1) is 35.0 Å². The molecule has 0 atom stereocenters. The van der Waals surface area contributed by atoms with Crippen molar-refractivity contribution in [2.24, 2.45) is 0 Å². The van der Waals surface area contributed by atoms with E-state index in [-0.39, 0.29) is 19.0 Å². The van der Waals surface area contributed by atoms with E-state index in [1.165, 1.54) is 0 Å². The zero-order valence-electron chi connectivity index (χ0n) is 15.0. The van der Waals surface area contributed by atoms with E-state index in [0.717, 1.165) is 5.56 Å². The van der Waals surface area contributed by atoms with E-state index in [1.807, 2.05) is 4.72 Å². The van der Waals surface area contributed by atoms with Crippen molar-refractivity contribution in [1.82, 2.24) is 9.97 Å². The fourth-order valence-corrected chi connectivity index (χ4v) is 3.82. The quantitative estimate of drug-likeness (QED) is 0.423. The van der Waals surface area contributed by atoms with Crippen molar-refractivity contribution >= 4 is 29.8 Å². The van der Waals surface area contributed by atoms with Gasteiger partial charge in [0.2, 0.25) is 0 Å². The summed E-state index contributed by atoms with van der Waals surface area (Å²) in [6.07, 6.45) is 7.28. The van der Waals surface area contributed by atoms with Crippen LogP contribution >= 0.6 is 0 Å². The van der Waals surface area contributed by atoms with Gasteiger partial charge < -0.3 is 14.0 Å². The number of nitrogens with zero attached hydrogens (tertiary/aromatic N) is 3. The van der Waals surface area contributed by atoms with E-state index in [9.17, 15) is 8.42 Å². The van der Waals surface area contributed by atoms with Gasteiger partial charge in [-0.3, -0.25) is 0 Å². The smallest absolute Gasteiger partial charge is 0.418 e. The maximum Gasteiger partial charge on any atom is 0.431 e. The standard InChI is InChI=1S/C17H17B2N3O4S/c1-4-15-17(22(18-10-25-18)19-11-26-19)20-9-16(21-15)13-5-7-14(8-6-13)27(23,24)12(2)3/h1,5-9,12H,10-11H2,2-3H3. The Balaban J connectivity index is 1.66. The topological polar surface area (TPSA) is 88.2 Å². The van der Waals surface area contributed by atoms with Crippen molar-refractivity contribution in [3.63, 3.8) is 0 Å². The molecule has 0 bridgehead atoms. The van der Waals surface area contributed by atoms with Gasteiger partial charge in [-0.05, 0) is 31.9 Å². The third kappa shape index (κ3) is 3.46. The zero-order chi connectivity index (χ0) is 19.2. The molecule has 136 valence electrons. The maximum atomic E-state index is 12.3. The van der Waals surface area contributed by atoms with Crippen LogP contribution in [0.4, 0.5) is 5.82 Å². The van der Waals surface area contributed by atoms with E-state index < -0.39 is 15.1 Å². The van der Waals surface area contributed by atoms with Crippen LogP contribution < -0.4 is 4.72 Å². The average Bonchev–Trinajstić information content (AvgIpc) is 3.57. The summed E-state index contributed by atoms with van der Waals surface area (Å²) in [6, 6.07) is 6.59. The predicted octanol–water partition coefficient (Wildman–Crippen LogP) is 1.23. The molecule has 0 spiro atoms.